The number of esters is 1. The Bertz CT molecular complexity index is 1360. The van der Waals surface area contributed by atoms with Crippen molar-refractivity contribution in [3.8, 4) is 17.2 Å². The van der Waals surface area contributed by atoms with Gasteiger partial charge in [0.2, 0.25) is 0 Å². The van der Waals surface area contributed by atoms with E-state index in [-0.39, 0.29) is 12.4 Å². The summed E-state index contributed by atoms with van der Waals surface area (Å²) in [6, 6.07) is 20.1. The van der Waals surface area contributed by atoms with Gasteiger partial charge in [0.15, 0.2) is 0 Å². The number of ether oxygens (including phenoxy) is 2. The second-order valence-corrected chi connectivity index (χ2v) is 8.49. The fourth-order valence-electron chi connectivity index (χ4n) is 4.36. The van der Waals surface area contributed by atoms with Gasteiger partial charge in [0.1, 0.15) is 11.5 Å². The Labute approximate surface area is 214 Å². The Hall–Kier alpha value is -3.94. The maximum absolute atomic E-state index is 12.9. The first-order chi connectivity index (χ1) is 17.7. The van der Waals surface area contributed by atoms with Crippen molar-refractivity contribution in [2.45, 2.75) is 33.4 Å². The van der Waals surface area contributed by atoms with Crippen LogP contribution in [0.2, 0.25) is 0 Å². The van der Waals surface area contributed by atoms with Crippen molar-refractivity contribution in [3.05, 3.63) is 84.1 Å². The van der Waals surface area contributed by atoms with Gasteiger partial charge in [-0.05, 0) is 93.6 Å². The fraction of sp³-hybridized carbons (Fsp3) is 0.276. The van der Waals surface area contributed by atoms with Crippen LogP contribution in [0, 0.1) is 0 Å². The Morgan fingerprint density at radius 2 is 1.51 bits per heavy atom. The summed E-state index contributed by atoms with van der Waals surface area (Å²) in [7, 11) is 0. The van der Waals surface area contributed by atoms with Crippen molar-refractivity contribution in [2.24, 2.45) is 0 Å². The minimum atomic E-state index is -4.40. The third-order valence-electron chi connectivity index (χ3n) is 6.13. The summed E-state index contributed by atoms with van der Waals surface area (Å²) < 4.78 is 51.6. The molecular formula is C29H29F3N2O3. The average molecular weight is 511 g/mol. The van der Waals surface area contributed by atoms with Gasteiger partial charge in [-0.2, -0.15) is 13.2 Å². The Balaban J connectivity index is 1.69. The van der Waals surface area contributed by atoms with Crippen LogP contribution in [0.15, 0.2) is 72.8 Å². The van der Waals surface area contributed by atoms with Gasteiger partial charge in [0.25, 0.3) is 0 Å². The average Bonchev–Trinajstić information content (AvgIpc) is 3.22. The minimum Gasteiger partial charge on any atom is -0.466 e. The third-order valence-corrected chi connectivity index (χ3v) is 6.13. The highest BCUT2D eigenvalue weighted by Crippen LogP contribution is 2.33. The van der Waals surface area contributed by atoms with E-state index < -0.39 is 11.7 Å². The van der Waals surface area contributed by atoms with E-state index in [0.29, 0.717) is 18.1 Å². The van der Waals surface area contributed by atoms with Crippen LogP contribution in [0.4, 0.5) is 18.9 Å². The second kappa shape index (κ2) is 11.0. The molecule has 0 spiro atoms. The third kappa shape index (κ3) is 5.90. The molecule has 37 heavy (non-hydrogen) atoms. The van der Waals surface area contributed by atoms with E-state index in [1.54, 1.807) is 13.0 Å². The molecule has 0 bridgehead atoms. The quantitative estimate of drug-likeness (QED) is 0.220. The zero-order valence-electron chi connectivity index (χ0n) is 21.0. The van der Waals surface area contributed by atoms with Crippen molar-refractivity contribution in [3.63, 3.8) is 0 Å². The number of rotatable bonds is 9. The van der Waals surface area contributed by atoms with Gasteiger partial charge in [-0.3, -0.25) is 4.79 Å². The normalized spacial score (nSPS) is 11.5. The number of halogens is 3. The second-order valence-electron chi connectivity index (χ2n) is 8.49. The fourth-order valence-corrected chi connectivity index (χ4v) is 4.36. The lowest BCUT2D eigenvalue weighted by molar-refractivity contribution is -0.142. The topological polar surface area (TPSA) is 43.7 Å². The van der Waals surface area contributed by atoms with Gasteiger partial charge < -0.3 is 18.9 Å². The summed E-state index contributed by atoms with van der Waals surface area (Å²) in [6.07, 6.45) is -4.31. The molecule has 1 aromatic heterocycles. The molecule has 3 aromatic carbocycles. The number of fused-ring (bicyclic) bond motifs is 1. The molecular weight excluding hydrogens is 481 g/mol. The number of carbonyl (C=O) groups excluding carboxylic acids is 1. The summed E-state index contributed by atoms with van der Waals surface area (Å²) >= 11 is 0. The van der Waals surface area contributed by atoms with Crippen molar-refractivity contribution in [1.82, 2.24) is 4.57 Å². The molecule has 4 rings (SSSR count). The zero-order chi connectivity index (χ0) is 26.6. The van der Waals surface area contributed by atoms with Crippen LogP contribution in [0.25, 0.3) is 16.6 Å². The monoisotopic (exact) mass is 510 g/mol. The molecule has 0 fully saturated rings. The summed E-state index contributed by atoms with van der Waals surface area (Å²) in [5, 5.41) is 0.830. The lowest BCUT2D eigenvalue weighted by Crippen LogP contribution is -2.21. The van der Waals surface area contributed by atoms with E-state index in [1.807, 2.05) is 34.9 Å². The molecule has 1 heterocycles. The Morgan fingerprint density at radius 1 is 0.865 bits per heavy atom. The molecule has 8 heteroatoms. The molecule has 5 nitrogen and oxygen atoms in total. The number of benzene rings is 3. The Morgan fingerprint density at radius 3 is 2.11 bits per heavy atom. The first-order valence-electron chi connectivity index (χ1n) is 12.2. The molecule has 0 aliphatic carbocycles. The van der Waals surface area contributed by atoms with E-state index in [0.717, 1.165) is 53.2 Å². The first-order valence-corrected chi connectivity index (χ1v) is 12.2. The lowest BCUT2D eigenvalue weighted by Gasteiger charge is -2.21. The first kappa shape index (κ1) is 26.1. The number of hydrogen-bond acceptors (Lipinski definition) is 4. The van der Waals surface area contributed by atoms with Crippen molar-refractivity contribution < 1.29 is 27.4 Å². The highest BCUT2D eigenvalue weighted by atomic mass is 19.4. The lowest BCUT2D eigenvalue weighted by atomic mass is 10.2. The van der Waals surface area contributed by atoms with Crippen LogP contribution in [0.1, 0.15) is 32.0 Å². The number of nitrogens with zero attached hydrogens (tertiary/aromatic N) is 2. The maximum Gasteiger partial charge on any atom is 0.416 e. The van der Waals surface area contributed by atoms with Crippen molar-refractivity contribution >= 4 is 22.6 Å². The van der Waals surface area contributed by atoms with Crippen LogP contribution in [0.3, 0.4) is 0 Å². The molecule has 0 unspecified atom stereocenters. The largest absolute Gasteiger partial charge is 0.466 e. The van der Waals surface area contributed by atoms with Gasteiger partial charge in [-0.25, -0.2) is 0 Å². The SMILES string of the molecule is CCOC(=O)Cc1cc2cc(Oc3ccc(C(F)(F)F)cc3)ccc2n1-c1ccc(N(CC)CC)cc1. The van der Waals surface area contributed by atoms with Crippen LogP contribution in [-0.2, 0) is 22.1 Å². The summed E-state index contributed by atoms with van der Waals surface area (Å²) in [6.45, 7) is 8.08. The predicted octanol–water partition coefficient (Wildman–Crippen LogP) is 7.39. The molecule has 194 valence electrons. The van der Waals surface area contributed by atoms with Crippen LogP contribution >= 0.6 is 0 Å². The minimum absolute atomic E-state index is 0.0927. The number of hydrogen-bond donors (Lipinski definition) is 0. The van der Waals surface area contributed by atoms with E-state index in [4.69, 9.17) is 9.47 Å². The molecule has 0 radical (unpaired) electrons. The molecule has 0 saturated heterocycles. The van der Waals surface area contributed by atoms with Gasteiger partial charge in [0.05, 0.1) is 24.1 Å². The van der Waals surface area contributed by atoms with Crippen molar-refractivity contribution in [1.29, 1.82) is 0 Å². The van der Waals surface area contributed by atoms with Crippen LogP contribution in [-0.4, -0.2) is 30.2 Å². The van der Waals surface area contributed by atoms with Crippen LogP contribution < -0.4 is 9.64 Å². The molecule has 0 N–H and O–H groups in total. The number of aromatic nitrogens is 1. The van der Waals surface area contributed by atoms with E-state index in [9.17, 15) is 18.0 Å². The van der Waals surface area contributed by atoms with Crippen molar-refractivity contribution in [2.75, 3.05) is 24.6 Å². The molecule has 0 amide bonds. The molecule has 0 atom stereocenters. The standard InChI is InChI=1S/C29H29F3N2O3/c1-4-33(5-2)22-9-11-23(12-10-22)34-24(19-28(35)36-6-3)17-20-18-26(15-16-27(20)34)37-25-13-7-21(8-14-25)29(30,31)32/h7-18H,4-6,19H2,1-3H3. The predicted molar refractivity (Wildman–Crippen MR) is 139 cm³/mol. The smallest absolute Gasteiger partial charge is 0.416 e. The zero-order valence-corrected chi connectivity index (χ0v) is 21.0. The van der Waals surface area contributed by atoms with Gasteiger partial charge >= 0.3 is 12.1 Å². The summed E-state index contributed by atoms with van der Waals surface area (Å²) in [5.74, 6) is 0.446. The van der Waals surface area contributed by atoms with E-state index >= 15 is 0 Å². The highest BCUT2D eigenvalue weighted by molar-refractivity contribution is 5.86. The summed E-state index contributed by atoms with van der Waals surface area (Å²) in [5.41, 5.74) is 2.92. The number of alkyl halides is 3. The maximum atomic E-state index is 12.9. The Kier molecular flexibility index (Phi) is 7.76. The van der Waals surface area contributed by atoms with Crippen LogP contribution in [0.5, 0.6) is 11.5 Å². The number of anilines is 1. The van der Waals surface area contributed by atoms with Gasteiger partial charge in [-0.1, -0.05) is 0 Å². The molecule has 4 aromatic rings. The van der Waals surface area contributed by atoms with E-state index in [1.165, 1.54) is 12.1 Å². The summed E-state index contributed by atoms with van der Waals surface area (Å²) in [4.78, 5) is 14.6. The van der Waals surface area contributed by atoms with E-state index in [2.05, 4.69) is 30.9 Å². The molecule has 0 aliphatic rings. The highest BCUT2D eigenvalue weighted by Gasteiger charge is 2.30. The molecule has 0 aliphatic heterocycles. The number of carbonyl (C=O) groups is 1. The molecule has 0 saturated carbocycles. The van der Waals surface area contributed by atoms with Gasteiger partial charge in [-0.15, -0.1) is 0 Å². The van der Waals surface area contributed by atoms with Gasteiger partial charge in [0, 0.05) is 35.5 Å².